The molecule has 196 valence electrons. The second-order valence-electron chi connectivity index (χ2n) is 9.18. The van der Waals surface area contributed by atoms with Crippen LogP contribution < -0.4 is 15.6 Å². The van der Waals surface area contributed by atoms with Crippen molar-refractivity contribution < 1.29 is 17.9 Å². The number of nitrogens with zero attached hydrogens (tertiary/aromatic N) is 7. The van der Waals surface area contributed by atoms with E-state index in [1.54, 1.807) is 17.1 Å². The van der Waals surface area contributed by atoms with Gasteiger partial charge in [-0.3, -0.25) is 14.2 Å². The summed E-state index contributed by atoms with van der Waals surface area (Å²) in [5, 5.41) is 17.1. The van der Waals surface area contributed by atoms with Crippen LogP contribution in [-0.2, 0) is 20.3 Å². The Morgan fingerprint density at radius 3 is 2.51 bits per heavy atom. The van der Waals surface area contributed by atoms with Gasteiger partial charge in [-0.1, -0.05) is 0 Å². The molecule has 1 N–H and O–H groups in total. The van der Waals surface area contributed by atoms with Crippen molar-refractivity contribution in [3.63, 3.8) is 0 Å². The van der Waals surface area contributed by atoms with Gasteiger partial charge in [0.15, 0.2) is 0 Å². The number of anilines is 1. The van der Waals surface area contributed by atoms with Gasteiger partial charge in [-0.25, -0.2) is 9.67 Å². The normalized spacial score (nSPS) is 18.3. The Hall–Kier alpha value is -3.90. The van der Waals surface area contributed by atoms with Gasteiger partial charge in [0.1, 0.15) is 23.2 Å². The van der Waals surface area contributed by atoms with E-state index in [1.165, 1.54) is 7.05 Å². The number of alkyl halides is 3. The third-order valence-electron chi connectivity index (χ3n) is 6.56. The first-order valence-corrected chi connectivity index (χ1v) is 12.1. The number of aromatic nitrogens is 7. The fraction of sp³-hybridized carbons (Fsp3) is 0.458. The minimum absolute atomic E-state index is 0.0276. The minimum Gasteiger partial charge on any atom is -0.473 e. The Kier molecular flexibility index (Phi) is 6.38. The van der Waals surface area contributed by atoms with Crippen molar-refractivity contribution in [2.45, 2.75) is 50.9 Å². The molecule has 13 heteroatoms. The highest BCUT2D eigenvalue weighted by Gasteiger charge is 2.38. The van der Waals surface area contributed by atoms with Gasteiger partial charge in [-0.2, -0.15) is 23.4 Å². The standard InChI is InChI=1S/C24H27F3N8O2/c1-4-28-20-10-19-17(12-29-20)22(14-11-30-33(2)13-14)31-35(19)15-5-7-16(8-6-15)37-23-18(24(25,26)27)9-21(36)34(3)32-23/h9-13,15-16H,4-8H2,1-3H3,(H,28,29)/t15-,16+. The zero-order chi connectivity index (χ0) is 26.3. The molecule has 10 nitrogen and oxygen atoms in total. The van der Waals surface area contributed by atoms with Gasteiger partial charge >= 0.3 is 6.18 Å². The summed E-state index contributed by atoms with van der Waals surface area (Å²) < 4.78 is 50.7. The lowest BCUT2D eigenvalue weighted by Crippen LogP contribution is -2.30. The monoisotopic (exact) mass is 516 g/mol. The fourth-order valence-electron chi connectivity index (χ4n) is 4.72. The van der Waals surface area contributed by atoms with Crippen LogP contribution in [-0.4, -0.2) is 47.0 Å². The maximum absolute atomic E-state index is 13.5. The van der Waals surface area contributed by atoms with E-state index in [0.29, 0.717) is 31.7 Å². The van der Waals surface area contributed by atoms with E-state index >= 15 is 0 Å². The molecule has 1 aliphatic carbocycles. The average molecular weight is 517 g/mol. The number of fused-ring (bicyclic) bond motifs is 1. The molecule has 1 saturated carbocycles. The summed E-state index contributed by atoms with van der Waals surface area (Å²) in [4.78, 5) is 16.2. The van der Waals surface area contributed by atoms with E-state index in [0.717, 1.165) is 39.2 Å². The lowest BCUT2D eigenvalue weighted by atomic mass is 9.93. The summed E-state index contributed by atoms with van der Waals surface area (Å²) >= 11 is 0. The Labute approximate surface area is 210 Å². The van der Waals surface area contributed by atoms with E-state index in [4.69, 9.17) is 9.84 Å². The molecule has 0 unspecified atom stereocenters. The van der Waals surface area contributed by atoms with Gasteiger partial charge in [-0.05, 0) is 32.6 Å². The molecule has 0 aliphatic heterocycles. The third-order valence-corrected chi connectivity index (χ3v) is 6.56. The van der Waals surface area contributed by atoms with Crippen molar-refractivity contribution in [2.24, 2.45) is 14.1 Å². The Morgan fingerprint density at radius 1 is 1.11 bits per heavy atom. The van der Waals surface area contributed by atoms with Crippen LogP contribution in [0.3, 0.4) is 0 Å². The van der Waals surface area contributed by atoms with Gasteiger partial charge in [0.25, 0.3) is 5.56 Å². The van der Waals surface area contributed by atoms with Crippen LogP contribution in [0.5, 0.6) is 5.88 Å². The van der Waals surface area contributed by atoms with Crippen molar-refractivity contribution >= 4 is 16.7 Å². The molecule has 4 heterocycles. The highest BCUT2D eigenvalue weighted by molar-refractivity contribution is 5.93. The number of aryl methyl sites for hydroxylation is 2. The van der Waals surface area contributed by atoms with Crippen LogP contribution in [0.25, 0.3) is 22.2 Å². The third kappa shape index (κ3) is 4.89. The zero-order valence-electron chi connectivity index (χ0n) is 20.7. The minimum atomic E-state index is -4.73. The number of hydrogen-bond donors (Lipinski definition) is 1. The van der Waals surface area contributed by atoms with Crippen LogP contribution in [0.1, 0.15) is 44.2 Å². The van der Waals surface area contributed by atoms with Gasteiger partial charge < -0.3 is 10.1 Å². The quantitative estimate of drug-likeness (QED) is 0.414. The number of nitrogens with one attached hydrogen (secondary N) is 1. The summed E-state index contributed by atoms with van der Waals surface area (Å²) in [5.41, 5.74) is 0.585. The van der Waals surface area contributed by atoms with E-state index < -0.39 is 29.3 Å². The average Bonchev–Trinajstić information content (AvgIpc) is 3.44. The summed E-state index contributed by atoms with van der Waals surface area (Å²) in [7, 11) is 3.14. The van der Waals surface area contributed by atoms with Crippen molar-refractivity contribution in [3.05, 3.63) is 46.6 Å². The van der Waals surface area contributed by atoms with Gasteiger partial charge in [0, 0.05) is 56.1 Å². The predicted molar refractivity (Wildman–Crippen MR) is 130 cm³/mol. The molecular formula is C24H27F3N8O2. The zero-order valence-corrected chi connectivity index (χ0v) is 20.7. The summed E-state index contributed by atoms with van der Waals surface area (Å²) in [6.07, 6.45) is 2.60. The first-order valence-electron chi connectivity index (χ1n) is 12.1. The molecule has 37 heavy (non-hydrogen) atoms. The number of rotatable bonds is 6. The molecular weight excluding hydrogens is 489 g/mol. The van der Waals surface area contributed by atoms with E-state index in [2.05, 4.69) is 20.5 Å². The van der Waals surface area contributed by atoms with E-state index in [-0.39, 0.29) is 6.04 Å². The maximum Gasteiger partial charge on any atom is 0.421 e. The maximum atomic E-state index is 13.5. The number of ether oxygens (including phenoxy) is 1. The second kappa shape index (κ2) is 9.52. The molecule has 0 spiro atoms. The smallest absolute Gasteiger partial charge is 0.421 e. The van der Waals surface area contributed by atoms with Gasteiger partial charge in [0.2, 0.25) is 5.88 Å². The van der Waals surface area contributed by atoms with Crippen LogP contribution in [0.15, 0.2) is 35.5 Å². The first-order chi connectivity index (χ1) is 17.6. The lowest BCUT2D eigenvalue weighted by molar-refractivity contribution is -0.140. The van der Waals surface area contributed by atoms with Crippen LogP contribution in [0, 0.1) is 0 Å². The summed E-state index contributed by atoms with van der Waals surface area (Å²) in [6.45, 7) is 2.72. The molecule has 1 aliphatic rings. The van der Waals surface area contributed by atoms with Crippen molar-refractivity contribution in [1.29, 1.82) is 0 Å². The Morgan fingerprint density at radius 2 is 1.86 bits per heavy atom. The van der Waals surface area contributed by atoms with Crippen LogP contribution in [0.4, 0.5) is 19.0 Å². The number of pyridine rings is 1. The molecule has 0 atom stereocenters. The summed E-state index contributed by atoms with van der Waals surface area (Å²) in [6, 6.07) is 2.53. The summed E-state index contributed by atoms with van der Waals surface area (Å²) in [5.74, 6) is 0.175. The SMILES string of the molecule is CCNc1cc2c(cn1)c(-c1cnn(C)c1)nn2[C@H]1CC[C@@H](Oc2nn(C)c(=O)cc2C(F)(F)F)CC1. The Bertz CT molecular complexity index is 1480. The van der Waals surface area contributed by atoms with Crippen molar-refractivity contribution in [2.75, 3.05) is 11.9 Å². The molecule has 0 saturated heterocycles. The molecule has 0 amide bonds. The van der Waals surface area contributed by atoms with Crippen molar-refractivity contribution in [3.8, 4) is 17.1 Å². The molecule has 0 aromatic carbocycles. The lowest BCUT2D eigenvalue weighted by Gasteiger charge is -2.29. The topological polar surface area (TPSA) is 105 Å². The molecule has 4 aromatic rings. The highest BCUT2D eigenvalue weighted by Crippen LogP contribution is 2.38. The van der Waals surface area contributed by atoms with Gasteiger partial charge in [-0.15, -0.1) is 5.10 Å². The van der Waals surface area contributed by atoms with Gasteiger partial charge in [0.05, 0.1) is 17.8 Å². The first kappa shape index (κ1) is 24.8. The fourth-order valence-corrected chi connectivity index (χ4v) is 4.72. The molecule has 0 bridgehead atoms. The molecule has 5 rings (SSSR count). The number of halogens is 3. The number of hydrogen-bond acceptors (Lipinski definition) is 7. The highest BCUT2D eigenvalue weighted by atomic mass is 19.4. The van der Waals surface area contributed by atoms with Crippen molar-refractivity contribution in [1.82, 2.24) is 34.3 Å². The molecule has 4 aromatic heterocycles. The van der Waals surface area contributed by atoms with E-state index in [1.807, 2.05) is 30.9 Å². The predicted octanol–water partition coefficient (Wildman–Crippen LogP) is 3.94. The molecule has 1 fully saturated rings. The Balaban J connectivity index is 1.41. The molecule has 0 radical (unpaired) electrons. The second-order valence-corrected chi connectivity index (χ2v) is 9.18. The largest absolute Gasteiger partial charge is 0.473 e. The van der Waals surface area contributed by atoms with Crippen LogP contribution in [0.2, 0.25) is 0 Å². The van der Waals surface area contributed by atoms with E-state index in [9.17, 15) is 18.0 Å². The van der Waals surface area contributed by atoms with Crippen LogP contribution >= 0.6 is 0 Å².